The fourth-order valence-electron chi connectivity index (χ4n) is 3.21. The first-order valence-corrected chi connectivity index (χ1v) is 9.90. The Morgan fingerprint density at radius 3 is 2.62 bits per heavy atom. The molecule has 29 heavy (non-hydrogen) atoms. The minimum absolute atomic E-state index is 0.265. The number of nitrogens with one attached hydrogen (secondary N) is 1. The van der Waals surface area contributed by atoms with Crippen LogP contribution in [0.4, 0.5) is 0 Å². The number of methoxy groups -OCH3 is 1. The van der Waals surface area contributed by atoms with Crippen molar-refractivity contribution in [2.75, 3.05) is 7.11 Å². The van der Waals surface area contributed by atoms with Crippen LogP contribution in [-0.2, 0) is 0 Å². The van der Waals surface area contributed by atoms with Crippen LogP contribution < -0.4 is 10.2 Å². The van der Waals surface area contributed by atoms with E-state index in [-0.39, 0.29) is 5.91 Å². The largest absolute Gasteiger partial charge is 0.497 e. The van der Waals surface area contributed by atoms with E-state index in [4.69, 9.17) is 4.74 Å². The van der Waals surface area contributed by atoms with Gasteiger partial charge >= 0.3 is 0 Å². The summed E-state index contributed by atoms with van der Waals surface area (Å²) in [6.45, 7) is 4.00. The molecule has 0 radical (unpaired) electrons. The van der Waals surface area contributed by atoms with Gasteiger partial charge in [0.1, 0.15) is 15.5 Å². The Hall–Kier alpha value is -3.45. The van der Waals surface area contributed by atoms with E-state index >= 15 is 0 Å². The second-order valence-electron chi connectivity index (χ2n) is 6.60. The maximum atomic E-state index is 12.9. The van der Waals surface area contributed by atoms with Gasteiger partial charge in [-0.3, -0.25) is 4.79 Å². The quantitative estimate of drug-likeness (QED) is 0.394. The summed E-state index contributed by atoms with van der Waals surface area (Å²) >= 11 is 1.38. The van der Waals surface area contributed by atoms with Crippen molar-refractivity contribution < 1.29 is 9.53 Å². The van der Waals surface area contributed by atoms with Crippen molar-refractivity contribution in [2.45, 2.75) is 13.8 Å². The number of hydrogen-bond donors (Lipinski definition) is 1. The Kier molecular flexibility index (Phi) is 5.14. The van der Waals surface area contributed by atoms with Gasteiger partial charge in [0.25, 0.3) is 5.91 Å². The number of fused-ring (bicyclic) bond motifs is 1. The zero-order chi connectivity index (χ0) is 20.4. The number of aromatic nitrogens is 2. The third-order valence-corrected chi connectivity index (χ3v) is 5.60. The van der Waals surface area contributed by atoms with Crippen molar-refractivity contribution in [2.24, 2.45) is 5.10 Å². The average molecular weight is 404 g/mol. The predicted molar refractivity (Wildman–Crippen MR) is 116 cm³/mol. The first-order chi connectivity index (χ1) is 14.1. The second-order valence-corrected chi connectivity index (χ2v) is 7.60. The van der Waals surface area contributed by atoms with E-state index in [1.54, 1.807) is 13.3 Å². The Morgan fingerprint density at radius 2 is 1.93 bits per heavy atom. The predicted octanol–water partition coefficient (Wildman–Crippen LogP) is 4.48. The molecule has 0 spiro atoms. The highest BCUT2D eigenvalue weighted by atomic mass is 32.1. The monoisotopic (exact) mass is 404 g/mol. The molecule has 0 saturated heterocycles. The Morgan fingerprint density at radius 1 is 1.21 bits per heavy atom. The highest BCUT2D eigenvalue weighted by Gasteiger charge is 2.21. The second kappa shape index (κ2) is 7.89. The number of hydrogen-bond acceptors (Lipinski definition) is 5. The lowest BCUT2D eigenvalue weighted by Gasteiger charge is -2.07. The molecule has 0 fully saturated rings. The number of thiophene rings is 1. The highest BCUT2D eigenvalue weighted by molar-refractivity contribution is 7.21. The van der Waals surface area contributed by atoms with Crippen molar-refractivity contribution in [3.05, 3.63) is 76.6 Å². The Balaban J connectivity index is 1.67. The van der Waals surface area contributed by atoms with Crippen LogP contribution in [0.15, 0.2) is 60.0 Å². The molecular formula is C22H20N4O2S. The summed E-state index contributed by atoms with van der Waals surface area (Å²) < 4.78 is 7.09. The minimum atomic E-state index is -0.265. The van der Waals surface area contributed by atoms with Crippen LogP contribution in [0.2, 0.25) is 0 Å². The molecule has 0 saturated carbocycles. The summed E-state index contributed by atoms with van der Waals surface area (Å²) in [5.41, 5.74) is 6.36. The number of rotatable bonds is 5. The van der Waals surface area contributed by atoms with Gasteiger partial charge in [0.15, 0.2) is 0 Å². The zero-order valence-corrected chi connectivity index (χ0v) is 17.2. The van der Waals surface area contributed by atoms with Crippen LogP contribution in [0.1, 0.15) is 26.5 Å². The molecule has 7 heteroatoms. The normalized spacial score (nSPS) is 11.3. The van der Waals surface area contributed by atoms with E-state index < -0.39 is 0 Å². The molecule has 3 aromatic heterocycles. The number of aryl methyl sites for hydroxylation is 2. The molecule has 1 N–H and O–H groups in total. The number of hydrazone groups is 1. The summed E-state index contributed by atoms with van der Waals surface area (Å²) in [6.07, 6.45) is 5.46. The number of carbonyl (C=O) groups is 1. The maximum Gasteiger partial charge on any atom is 0.283 e. The smallest absolute Gasteiger partial charge is 0.283 e. The van der Waals surface area contributed by atoms with Gasteiger partial charge in [-0.15, -0.1) is 11.3 Å². The van der Waals surface area contributed by atoms with Crippen LogP contribution >= 0.6 is 11.3 Å². The van der Waals surface area contributed by atoms with Gasteiger partial charge in [-0.05, 0) is 67.4 Å². The van der Waals surface area contributed by atoms with E-state index in [1.807, 2.05) is 73.3 Å². The van der Waals surface area contributed by atoms with Gasteiger partial charge in [-0.1, -0.05) is 0 Å². The molecule has 1 aromatic carbocycles. The number of carbonyl (C=O) groups excluding carboxylic acids is 1. The molecule has 146 valence electrons. The SMILES string of the molecule is COc1ccc(/C=N/NC(=O)c2sc3nc(C)cc(C)c3c2-n2cccc2)cc1. The average Bonchev–Trinajstić information content (AvgIpc) is 3.35. The van der Waals surface area contributed by atoms with E-state index in [0.717, 1.165) is 38.5 Å². The van der Waals surface area contributed by atoms with Gasteiger partial charge < -0.3 is 9.30 Å². The summed E-state index contributed by atoms with van der Waals surface area (Å²) in [7, 11) is 1.62. The molecule has 4 aromatic rings. The van der Waals surface area contributed by atoms with Crippen molar-refractivity contribution in [3.8, 4) is 11.4 Å². The van der Waals surface area contributed by atoms with E-state index in [1.165, 1.54) is 11.3 Å². The van der Waals surface area contributed by atoms with Crippen LogP contribution in [0.3, 0.4) is 0 Å². The molecule has 3 heterocycles. The van der Waals surface area contributed by atoms with Crippen molar-refractivity contribution in [1.82, 2.24) is 15.0 Å². The van der Waals surface area contributed by atoms with Crippen LogP contribution in [0, 0.1) is 13.8 Å². The molecule has 0 aliphatic heterocycles. The number of pyridine rings is 1. The molecule has 0 atom stereocenters. The van der Waals surface area contributed by atoms with E-state index in [9.17, 15) is 4.79 Å². The standard InChI is InChI=1S/C22H20N4O2S/c1-14-12-15(2)24-22-18(14)19(26-10-4-5-11-26)20(29-22)21(27)25-23-13-16-6-8-17(28-3)9-7-16/h4-13H,1-3H3,(H,25,27)/b23-13+. The van der Waals surface area contributed by atoms with Gasteiger partial charge in [0.2, 0.25) is 0 Å². The van der Waals surface area contributed by atoms with E-state index in [0.29, 0.717) is 4.88 Å². The lowest BCUT2D eigenvalue weighted by Crippen LogP contribution is -2.18. The van der Waals surface area contributed by atoms with Crippen LogP contribution in [-0.4, -0.2) is 28.8 Å². The summed E-state index contributed by atoms with van der Waals surface area (Å²) in [5, 5.41) is 5.10. The zero-order valence-electron chi connectivity index (χ0n) is 16.3. The van der Waals surface area contributed by atoms with Gasteiger partial charge in [0, 0.05) is 23.5 Å². The van der Waals surface area contributed by atoms with Gasteiger partial charge in [0.05, 0.1) is 19.0 Å². The van der Waals surface area contributed by atoms with Gasteiger partial charge in [-0.25, -0.2) is 10.4 Å². The molecule has 0 unspecified atom stereocenters. The number of ether oxygens (including phenoxy) is 1. The molecular weight excluding hydrogens is 384 g/mol. The molecule has 4 rings (SSSR count). The Labute approximate surface area is 172 Å². The molecule has 0 aliphatic carbocycles. The first-order valence-electron chi connectivity index (χ1n) is 9.08. The maximum absolute atomic E-state index is 12.9. The molecule has 0 bridgehead atoms. The van der Waals surface area contributed by atoms with Crippen molar-refractivity contribution in [3.63, 3.8) is 0 Å². The fourth-order valence-corrected chi connectivity index (χ4v) is 4.40. The van der Waals surface area contributed by atoms with Crippen LogP contribution in [0.25, 0.3) is 15.9 Å². The highest BCUT2D eigenvalue weighted by Crippen LogP contribution is 2.35. The van der Waals surface area contributed by atoms with Gasteiger partial charge in [-0.2, -0.15) is 5.10 Å². The lowest BCUT2D eigenvalue weighted by atomic mass is 10.1. The lowest BCUT2D eigenvalue weighted by molar-refractivity contribution is 0.0959. The third kappa shape index (κ3) is 3.77. The topological polar surface area (TPSA) is 68.5 Å². The first kappa shape index (κ1) is 18.9. The number of amides is 1. The summed E-state index contributed by atoms with van der Waals surface area (Å²) in [4.78, 5) is 19.0. The summed E-state index contributed by atoms with van der Waals surface area (Å²) in [6, 6.07) is 13.3. The molecule has 0 aliphatic rings. The van der Waals surface area contributed by atoms with Crippen molar-refractivity contribution >= 4 is 33.7 Å². The Bertz CT molecular complexity index is 1190. The molecule has 1 amide bonds. The molecule has 6 nitrogen and oxygen atoms in total. The summed E-state index contributed by atoms with van der Waals surface area (Å²) in [5.74, 6) is 0.504. The number of nitrogens with zero attached hydrogens (tertiary/aromatic N) is 3. The van der Waals surface area contributed by atoms with E-state index in [2.05, 4.69) is 15.5 Å². The third-order valence-electron chi connectivity index (χ3n) is 4.53. The fraction of sp³-hybridized carbons (Fsp3) is 0.136. The van der Waals surface area contributed by atoms with Crippen LogP contribution in [0.5, 0.6) is 5.75 Å². The minimum Gasteiger partial charge on any atom is -0.497 e. The number of benzene rings is 1. The van der Waals surface area contributed by atoms with Crippen molar-refractivity contribution in [1.29, 1.82) is 0 Å².